The molecule has 2 aliphatic heterocycles. The molecular weight excluding hydrogens is 254 g/mol. The van der Waals surface area contributed by atoms with Gasteiger partial charge in [-0.15, -0.1) is 0 Å². The van der Waals surface area contributed by atoms with Crippen molar-refractivity contribution in [2.45, 2.75) is 37.8 Å². The monoisotopic (exact) mass is 273 g/mol. The summed E-state index contributed by atoms with van der Waals surface area (Å²) in [6.45, 7) is 2.56. The molecule has 1 aromatic carbocycles. The van der Waals surface area contributed by atoms with Gasteiger partial charge in [0.2, 0.25) is 0 Å². The molecule has 3 nitrogen and oxygen atoms in total. The highest BCUT2D eigenvalue weighted by Gasteiger charge is 2.35. The number of nitrogens with zero attached hydrogens (tertiary/aromatic N) is 2. The number of rotatable bonds is 2. The van der Waals surface area contributed by atoms with Gasteiger partial charge in [-0.2, -0.15) is 4.37 Å². The second-order valence-electron chi connectivity index (χ2n) is 5.67. The zero-order valence-electron chi connectivity index (χ0n) is 11.0. The first-order valence-corrected chi connectivity index (χ1v) is 8.04. The van der Waals surface area contributed by atoms with E-state index in [-0.39, 0.29) is 0 Å². The summed E-state index contributed by atoms with van der Waals surface area (Å²) in [6.07, 6.45) is 5.40. The molecule has 2 atom stereocenters. The SMILES string of the molecule is c1ccc2c(NC3CCN4CCCCC34)snc2c1. The number of hydrogen-bond acceptors (Lipinski definition) is 4. The second kappa shape index (κ2) is 4.76. The number of nitrogens with one attached hydrogen (secondary N) is 1. The van der Waals surface area contributed by atoms with E-state index >= 15 is 0 Å². The Balaban J connectivity index is 1.58. The van der Waals surface area contributed by atoms with E-state index in [9.17, 15) is 0 Å². The van der Waals surface area contributed by atoms with Crippen LogP contribution in [-0.4, -0.2) is 34.4 Å². The van der Waals surface area contributed by atoms with Crippen molar-refractivity contribution in [3.8, 4) is 0 Å². The maximum absolute atomic E-state index is 4.53. The summed E-state index contributed by atoms with van der Waals surface area (Å²) in [6, 6.07) is 9.79. The molecule has 100 valence electrons. The lowest BCUT2D eigenvalue weighted by Gasteiger charge is -2.32. The van der Waals surface area contributed by atoms with Crippen molar-refractivity contribution in [3.63, 3.8) is 0 Å². The lowest BCUT2D eigenvalue weighted by atomic mass is 9.99. The number of anilines is 1. The molecule has 0 aliphatic carbocycles. The van der Waals surface area contributed by atoms with Crippen LogP contribution in [0, 0.1) is 0 Å². The third-order valence-corrected chi connectivity index (χ3v) is 5.36. The number of piperidine rings is 1. The summed E-state index contributed by atoms with van der Waals surface area (Å²) in [7, 11) is 0. The van der Waals surface area contributed by atoms with Gasteiger partial charge < -0.3 is 5.32 Å². The Kier molecular flexibility index (Phi) is 2.93. The fourth-order valence-electron chi connectivity index (χ4n) is 3.58. The van der Waals surface area contributed by atoms with E-state index in [1.54, 1.807) is 11.5 Å². The minimum atomic E-state index is 0.615. The molecule has 2 aliphatic rings. The first-order chi connectivity index (χ1) is 9.42. The van der Waals surface area contributed by atoms with Crippen molar-refractivity contribution < 1.29 is 0 Å². The van der Waals surface area contributed by atoms with E-state index in [0.717, 1.165) is 11.6 Å². The second-order valence-corrected chi connectivity index (χ2v) is 6.44. The molecule has 2 unspecified atom stereocenters. The molecule has 0 bridgehead atoms. The van der Waals surface area contributed by atoms with E-state index in [4.69, 9.17) is 0 Å². The minimum absolute atomic E-state index is 0.615. The van der Waals surface area contributed by atoms with Crippen LogP contribution in [0.3, 0.4) is 0 Å². The molecular formula is C15H19N3S. The molecule has 3 heterocycles. The number of fused-ring (bicyclic) bond motifs is 2. The molecule has 4 heteroatoms. The average molecular weight is 273 g/mol. The quantitative estimate of drug-likeness (QED) is 0.909. The van der Waals surface area contributed by atoms with Crippen LogP contribution < -0.4 is 5.32 Å². The topological polar surface area (TPSA) is 28.2 Å². The third-order valence-electron chi connectivity index (χ3n) is 4.56. The Morgan fingerprint density at radius 1 is 1.16 bits per heavy atom. The van der Waals surface area contributed by atoms with Gasteiger partial charge in [-0.05, 0) is 49.5 Å². The van der Waals surface area contributed by atoms with Crippen molar-refractivity contribution in [2.24, 2.45) is 0 Å². The molecule has 1 N–H and O–H groups in total. The summed E-state index contributed by atoms with van der Waals surface area (Å²) in [4.78, 5) is 2.67. The van der Waals surface area contributed by atoms with Crippen LogP contribution in [0.15, 0.2) is 24.3 Å². The zero-order valence-corrected chi connectivity index (χ0v) is 11.8. The lowest BCUT2D eigenvalue weighted by Crippen LogP contribution is -2.41. The highest BCUT2D eigenvalue weighted by Crippen LogP contribution is 2.33. The van der Waals surface area contributed by atoms with Gasteiger partial charge in [0.15, 0.2) is 0 Å². The van der Waals surface area contributed by atoms with E-state index in [2.05, 4.69) is 38.9 Å². The molecule has 0 amide bonds. The summed E-state index contributed by atoms with van der Waals surface area (Å²) in [5, 5.41) is 6.31. The van der Waals surface area contributed by atoms with Crippen molar-refractivity contribution in [1.29, 1.82) is 0 Å². The van der Waals surface area contributed by atoms with Crippen LogP contribution in [-0.2, 0) is 0 Å². The Bertz CT molecular complexity index is 580. The van der Waals surface area contributed by atoms with Gasteiger partial charge in [0.05, 0.1) is 5.52 Å². The molecule has 0 saturated carbocycles. The fourth-order valence-corrected chi connectivity index (χ4v) is 4.40. The van der Waals surface area contributed by atoms with E-state index in [0.29, 0.717) is 6.04 Å². The molecule has 0 radical (unpaired) electrons. The summed E-state index contributed by atoms with van der Waals surface area (Å²) in [5.41, 5.74) is 1.12. The lowest BCUT2D eigenvalue weighted by molar-refractivity contribution is 0.193. The van der Waals surface area contributed by atoms with Crippen LogP contribution in [0.1, 0.15) is 25.7 Å². The number of hydrogen-bond donors (Lipinski definition) is 1. The van der Waals surface area contributed by atoms with Gasteiger partial charge in [0.25, 0.3) is 0 Å². The Hall–Kier alpha value is -1.13. The van der Waals surface area contributed by atoms with E-state index in [1.807, 2.05) is 0 Å². The first-order valence-electron chi connectivity index (χ1n) is 7.27. The highest BCUT2D eigenvalue weighted by atomic mass is 32.1. The van der Waals surface area contributed by atoms with E-state index < -0.39 is 0 Å². The Morgan fingerprint density at radius 2 is 2.11 bits per heavy atom. The predicted molar refractivity (Wildman–Crippen MR) is 80.9 cm³/mol. The largest absolute Gasteiger partial charge is 0.371 e. The summed E-state index contributed by atoms with van der Waals surface area (Å²) >= 11 is 1.61. The van der Waals surface area contributed by atoms with Crippen LogP contribution in [0.4, 0.5) is 5.00 Å². The predicted octanol–water partition coefficient (Wildman–Crippen LogP) is 3.34. The maximum Gasteiger partial charge on any atom is 0.117 e. The number of benzene rings is 1. The summed E-state index contributed by atoms with van der Waals surface area (Å²) < 4.78 is 4.53. The standard InChI is InChI=1S/C15H19N3S/c1-2-6-12-11(5-1)15(19-17-12)16-13-8-10-18-9-4-3-7-14(13)18/h1-2,5-6,13-14,16H,3-4,7-10H2. The first kappa shape index (κ1) is 11.7. The van der Waals surface area contributed by atoms with Gasteiger partial charge >= 0.3 is 0 Å². The molecule has 2 fully saturated rings. The molecule has 4 rings (SSSR count). The van der Waals surface area contributed by atoms with Crippen molar-refractivity contribution in [3.05, 3.63) is 24.3 Å². The zero-order chi connectivity index (χ0) is 12.7. The Morgan fingerprint density at radius 3 is 3.11 bits per heavy atom. The highest BCUT2D eigenvalue weighted by molar-refractivity contribution is 7.11. The van der Waals surface area contributed by atoms with Crippen molar-refractivity contribution in [1.82, 2.24) is 9.27 Å². The van der Waals surface area contributed by atoms with Crippen LogP contribution in [0.5, 0.6) is 0 Å². The Labute approximate surface area is 117 Å². The van der Waals surface area contributed by atoms with Crippen molar-refractivity contribution in [2.75, 3.05) is 18.4 Å². The van der Waals surface area contributed by atoms with Gasteiger partial charge in [-0.1, -0.05) is 18.6 Å². The normalized spacial score (nSPS) is 27.6. The van der Waals surface area contributed by atoms with Gasteiger partial charge in [-0.25, -0.2) is 0 Å². The molecule has 2 aromatic rings. The average Bonchev–Trinajstić information content (AvgIpc) is 3.05. The maximum atomic E-state index is 4.53. The molecule has 2 saturated heterocycles. The van der Waals surface area contributed by atoms with Crippen molar-refractivity contribution >= 4 is 27.4 Å². The fraction of sp³-hybridized carbons (Fsp3) is 0.533. The van der Waals surface area contributed by atoms with Gasteiger partial charge in [0.1, 0.15) is 5.00 Å². The van der Waals surface area contributed by atoms with Crippen LogP contribution >= 0.6 is 11.5 Å². The van der Waals surface area contributed by atoms with Crippen LogP contribution in [0.25, 0.3) is 10.9 Å². The minimum Gasteiger partial charge on any atom is -0.371 e. The van der Waals surface area contributed by atoms with Gasteiger partial charge in [-0.3, -0.25) is 4.90 Å². The van der Waals surface area contributed by atoms with E-state index in [1.165, 1.54) is 49.2 Å². The smallest absolute Gasteiger partial charge is 0.117 e. The third kappa shape index (κ3) is 2.03. The summed E-state index contributed by atoms with van der Waals surface area (Å²) in [5.74, 6) is 0. The van der Waals surface area contributed by atoms with Gasteiger partial charge in [0, 0.05) is 24.0 Å². The molecule has 0 spiro atoms. The molecule has 19 heavy (non-hydrogen) atoms. The number of aromatic nitrogens is 1. The molecule has 1 aromatic heterocycles. The van der Waals surface area contributed by atoms with Crippen LogP contribution in [0.2, 0.25) is 0 Å².